The summed E-state index contributed by atoms with van der Waals surface area (Å²) in [6.07, 6.45) is 0. The van der Waals surface area contributed by atoms with Crippen molar-refractivity contribution in [1.82, 2.24) is 0 Å². The summed E-state index contributed by atoms with van der Waals surface area (Å²) in [6.45, 7) is 0. The number of Topliss-reactive ketones (excluding diaryl/α,β-unsaturated/α-hetero) is 1. The van der Waals surface area contributed by atoms with Crippen LogP contribution in [-0.2, 0) is 10.5 Å². The lowest BCUT2D eigenvalue weighted by molar-refractivity contribution is -0.384. The van der Waals surface area contributed by atoms with E-state index in [0.717, 1.165) is 27.9 Å². The fraction of sp³-hybridized carbons (Fsp3) is 0.156. The van der Waals surface area contributed by atoms with Gasteiger partial charge in [0.05, 0.1) is 10.6 Å². The summed E-state index contributed by atoms with van der Waals surface area (Å²) in [4.78, 5) is 48.2. The Morgan fingerprint density at radius 2 is 1.60 bits per heavy atom. The number of para-hydroxylation sites is 1. The Balaban J connectivity index is 1.40. The normalized spacial score (nSPS) is 24.0. The molecule has 3 aliphatic rings. The van der Waals surface area contributed by atoms with Crippen LogP contribution in [0.4, 0.5) is 11.4 Å². The van der Waals surface area contributed by atoms with E-state index in [4.69, 9.17) is 4.99 Å². The van der Waals surface area contributed by atoms with E-state index in [1.807, 2.05) is 72.8 Å². The molecular formula is C32H23N3O4S3. The van der Waals surface area contributed by atoms with Gasteiger partial charge in [0.2, 0.25) is 5.12 Å². The second-order valence-electron chi connectivity index (χ2n) is 10.2. The van der Waals surface area contributed by atoms with Gasteiger partial charge in [-0.25, -0.2) is 0 Å². The molecule has 0 saturated carbocycles. The molecular weight excluding hydrogens is 587 g/mol. The first-order chi connectivity index (χ1) is 20.5. The Labute approximate surface area is 255 Å². The van der Waals surface area contributed by atoms with Crippen LogP contribution in [0.3, 0.4) is 0 Å². The predicted octanol–water partition coefficient (Wildman–Crippen LogP) is 7.18. The van der Waals surface area contributed by atoms with Gasteiger partial charge in [0.25, 0.3) is 5.69 Å². The molecule has 0 aromatic heterocycles. The molecule has 4 aromatic rings. The van der Waals surface area contributed by atoms with Gasteiger partial charge in [-0.05, 0) is 35.0 Å². The van der Waals surface area contributed by atoms with E-state index in [2.05, 4.69) is 4.90 Å². The number of carbonyl (C=O) groups excluding carboxylic acids is 2. The topological polar surface area (TPSA) is 92.9 Å². The van der Waals surface area contributed by atoms with Crippen molar-refractivity contribution in [2.24, 2.45) is 4.99 Å². The molecule has 4 atom stereocenters. The SMILES string of the molecule is O=C(c1ccccc1)[C@@H]1[C@@H](c2ccc([N+](=O)[O-])cc2)[C@@]2(N=C(SCc3ccccc3)SC2=O)[C@H]2Sc3ccccc3N12. The minimum Gasteiger partial charge on any atom is -0.344 e. The number of nitro benzene ring substituents is 1. The van der Waals surface area contributed by atoms with Crippen molar-refractivity contribution in [2.75, 3.05) is 4.90 Å². The first kappa shape index (κ1) is 27.0. The highest BCUT2D eigenvalue weighted by Gasteiger charge is 2.70. The zero-order valence-electron chi connectivity index (χ0n) is 22.0. The van der Waals surface area contributed by atoms with Crippen LogP contribution in [0.1, 0.15) is 27.4 Å². The number of anilines is 1. The molecule has 0 bridgehead atoms. The number of fused-ring (bicyclic) bond motifs is 4. The number of ketones is 1. The molecule has 3 heterocycles. The fourth-order valence-corrected chi connectivity index (χ4v) is 9.78. The number of hydrogen-bond donors (Lipinski definition) is 0. The minimum atomic E-state index is -1.28. The van der Waals surface area contributed by atoms with Gasteiger partial charge in [-0.15, -0.1) is 0 Å². The average molecular weight is 610 g/mol. The summed E-state index contributed by atoms with van der Waals surface area (Å²) >= 11 is 4.22. The van der Waals surface area contributed by atoms with Gasteiger partial charge in [-0.3, -0.25) is 24.7 Å². The predicted molar refractivity (Wildman–Crippen MR) is 169 cm³/mol. The first-order valence-electron chi connectivity index (χ1n) is 13.3. The van der Waals surface area contributed by atoms with Crippen LogP contribution in [-0.4, -0.2) is 37.2 Å². The number of thioether (sulfide) groups is 3. The highest BCUT2D eigenvalue weighted by atomic mass is 32.2. The minimum absolute atomic E-state index is 0.0494. The van der Waals surface area contributed by atoms with E-state index < -0.39 is 27.8 Å². The molecule has 0 radical (unpaired) electrons. The Morgan fingerprint density at radius 3 is 2.31 bits per heavy atom. The second kappa shape index (κ2) is 10.8. The van der Waals surface area contributed by atoms with Crippen LogP contribution in [0.5, 0.6) is 0 Å². The maximum absolute atomic E-state index is 14.5. The highest BCUT2D eigenvalue weighted by Crippen LogP contribution is 2.63. The van der Waals surface area contributed by atoms with Crippen LogP contribution in [0.25, 0.3) is 0 Å². The number of carbonyl (C=O) groups is 2. The van der Waals surface area contributed by atoms with Gasteiger partial charge in [0.1, 0.15) is 15.8 Å². The number of nitro groups is 1. The lowest BCUT2D eigenvalue weighted by atomic mass is 9.77. The zero-order chi connectivity index (χ0) is 28.8. The standard InChI is InChI=1S/C32H23N3O4S3/c36-28(22-11-5-2-6-12-22)27-26(21-15-17-23(18-16-21)35(38)39)32(29-34(27)24-13-7-8-14-25(24)41-29)30(37)42-31(33-32)40-19-20-9-3-1-4-10-20/h1-18,26-27,29H,19H2/t26-,27+,29-,32-/m1/s1. The Bertz CT molecular complexity index is 1730. The van der Waals surface area contributed by atoms with Crippen LogP contribution in [0.15, 0.2) is 119 Å². The second-order valence-corrected chi connectivity index (χ2v) is 13.5. The smallest absolute Gasteiger partial charge is 0.269 e. The van der Waals surface area contributed by atoms with Crippen molar-refractivity contribution in [3.63, 3.8) is 0 Å². The quantitative estimate of drug-likeness (QED) is 0.129. The molecule has 0 N–H and O–H groups in total. The molecule has 1 saturated heterocycles. The third-order valence-corrected chi connectivity index (χ3v) is 11.5. The maximum atomic E-state index is 14.5. The monoisotopic (exact) mass is 609 g/mol. The molecule has 0 unspecified atom stereocenters. The van der Waals surface area contributed by atoms with Crippen molar-refractivity contribution in [3.8, 4) is 0 Å². The van der Waals surface area contributed by atoms with Gasteiger partial charge in [-0.1, -0.05) is 108 Å². The average Bonchev–Trinajstić information content (AvgIpc) is 3.66. The Morgan fingerprint density at radius 1 is 0.929 bits per heavy atom. The van der Waals surface area contributed by atoms with Gasteiger partial charge >= 0.3 is 0 Å². The molecule has 10 heteroatoms. The van der Waals surface area contributed by atoms with E-state index in [-0.39, 0.29) is 16.6 Å². The van der Waals surface area contributed by atoms with E-state index >= 15 is 0 Å². The maximum Gasteiger partial charge on any atom is 0.269 e. The molecule has 0 aliphatic carbocycles. The van der Waals surface area contributed by atoms with Gasteiger partial charge in [0.15, 0.2) is 11.3 Å². The van der Waals surface area contributed by atoms with Crippen molar-refractivity contribution in [2.45, 2.75) is 33.5 Å². The highest BCUT2D eigenvalue weighted by molar-refractivity contribution is 8.45. The van der Waals surface area contributed by atoms with Crippen molar-refractivity contribution in [3.05, 3.63) is 136 Å². The lowest BCUT2D eigenvalue weighted by Gasteiger charge is -2.30. The number of aliphatic imine (C=N–C) groups is 1. The molecule has 7 nitrogen and oxygen atoms in total. The van der Waals surface area contributed by atoms with Gasteiger partial charge in [0, 0.05) is 34.3 Å². The lowest BCUT2D eigenvalue weighted by Crippen LogP contribution is -2.45. The zero-order valence-corrected chi connectivity index (χ0v) is 24.5. The summed E-state index contributed by atoms with van der Waals surface area (Å²) in [5.74, 6) is -0.116. The Hall–Kier alpha value is -3.86. The van der Waals surface area contributed by atoms with Crippen molar-refractivity contribution < 1.29 is 14.5 Å². The molecule has 42 heavy (non-hydrogen) atoms. The van der Waals surface area contributed by atoms with E-state index in [9.17, 15) is 19.7 Å². The fourth-order valence-electron chi connectivity index (χ4n) is 6.03. The number of hydrogen-bond acceptors (Lipinski definition) is 9. The van der Waals surface area contributed by atoms with Crippen LogP contribution in [0.2, 0.25) is 0 Å². The van der Waals surface area contributed by atoms with Crippen LogP contribution >= 0.6 is 35.3 Å². The van der Waals surface area contributed by atoms with Crippen LogP contribution < -0.4 is 4.90 Å². The Kier molecular flexibility index (Phi) is 6.92. The molecule has 0 amide bonds. The molecule has 208 valence electrons. The largest absolute Gasteiger partial charge is 0.344 e. The summed E-state index contributed by atoms with van der Waals surface area (Å²) in [5, 5.41) is 10.9. The number of non-ortho nitro benzene ring substituents is 1. The van der Waals surface area contributed by atoms with Crippen LogP contribution in [0, 0.1) is 10.1 Å². The van der Waals surface area contributed by atoms with E-state index in [0.29, 0.717) is 21.3 Å². The summed E-state index contributed by atoms with van der Waals surface area (Å²) in [5.41, 5.74) is 1.91. The summed E-state index contributed by atoms with van der Waals surface area (Å²) in [6, 6.07) is 32.5. The van der Waals surface area contributed by atoms with E-state index in [1.54, 1.807) is 36.0 Å². The van der Waals surface area contributed by atoms with Gasteiger partial charge < -0.3 is 4.90 Å². The van der Waals surface area contributed by atoms with Gasteiger partial charge in [-0.2, -0.15) is 0 Å². The number of benzene rings is 4. The van der Waals surface area contributed by atoms with Crippen molar-refractivity contribution in [1.29, 1.82) is 0 Å². The molecule has 7 rings (SSSR count). The first-order valence-corrected chi connectivity index (χ1v) is 16.0. The third kappa shape index (κ3) is 4.36. The molecule has 1 spiro atoms. The summed E-state index contributed by atoms with van der Waals surface area (Å²) in [7, 11) is 0. The summed E-state index contributed by atoms with van der Waals surface area (Å²) < 4.78 is 0.667. The third-order valence-electron chi connectivity index (χ3n) is 7.88. The van der Waals surface area contributed by atoms with E-state index in [1.165, 1.54) is 23.9 Å². The van der Waals surface area contributed by atoms with Crippen molar-refractivity contribution >= 4 is 61.9 Å². The number of rotatable bonds is 6. The molecule has 1 fully saturated rings. The molecule has 4 aromatic carbocycles. The number of nitrogens with zero attached hydrogens (tertiary/aromatic N) is 3. The molecule has 3 aliphatic heterocycles.